The van der Waals surface area contributed by atoms with E-state index in [9.17, 15) is 14.0 Å². The Morgan fingerprint density at radius 3 is 2.50 bits per heavy atom. The number of nitrogens with zero attached hydrogens (tertiary/aromatic N) is 4. The van der Waals surface area contributed by atoms with Crippen molar-refractivity contribution in [3.05, 3.63) is 72.3 Å². The van der Waals surface area contributed by atoms with E-state index >= 15 is 0 Å². The van der Waals surface area contributed by atoms with Crippen molar-refractivity contribution in [2.24, 2.45) is 0 Å². The van der Waals surface area contributed by atoms with E-state index in [0.717, 1.165) is 22.5 Å². The highest BCUT2D eigenvalue weighted by atomic mass is 19.1. The molecule has 4 heterocycles. The minimum atomic E-state index is -0.397. The Hall–Kier alpha value is -4.27. The van der Waals surface area contributed by atoms with Crippen LogP contribution < -0.4 is 10.2 Å². The first-order valence-electron chi connectivity index (χ1n) is 11.9. The number of piperazine rings is 1. The van der Waals surface area contributed by atoms with Gasteiger partial charge in [0.15, 0.2) is 0 Å². The number of H-pyrrole nitrogens is 1. The lowest BCUT2D eigenvalue weighted by Crippen LogP contribution is -2.58. The Balaban J connectivity index is 1.41. The van der Waals surface area contributed by atoms with Gasteiger partial charge in [-0.1, -0.05) is 6.07 Å². The van der Waals surface area contributed by atoms with E-state index in [2.05, 4.69) is 34.0 Å². The first-order valence-corrected chi connectivity index (χ1v) is 11.9. The van der Waals surface area contributed by atoms with Crippen LogP contribution >= 0.6 is 0 Å². The number of hydrogen-bond acceptors (Lipinski definition) is 5. The van der Waals surface area contributed by atoms with E-state index in [0.29, 0.717) is 30.0 Å². The van der Waals surface area contributed by atoms with Crippen molar-refractivity contribution in [2.45, 2.75) is 32.9 Å². The number of aromatic nitrogens is 3. The molecule has 2 atom stereocenters. The summed E-state index contributed by atoms with van der Waals surface area (Å²) in [6.07, 6.45) is 3.43. The van der Waals surface area contributed by atoms with Gasteiger partial charge in [0.2, 0.25) is 5.91 Å². The normalized spacial score (nSPS) is 17.9. The molecule has 5 rings (SSSR count). The number of halogens is 1. The number of aromatic amines is 1. The average molecular weight is 487 g/mol. The minimum Gasteiger partial charge on any atom is -0.352 e. The molecule has 0 aliphatic carbocycles. The van der Waals surface area contributed by atoms with Crippen molar-refractivity contribution in [3.8, 4) is 11.3 Å². The van der Waals surface area contributed by atoms with Crippen molar-refractivity contribution >= 4 is 34.4 Å². The number of carbonyl (C=O) groups is 2. The number of benzene rings is 1. The lowest BCUT2D eigenvalue weighted by Gasteiger charge is -2.44. The maximum atomic E-state index is 13.2. The molecule has 0 bridgehead atoms. The molecular formula is C27H27FN6O2. The second-order valence-electron chi connectivity index (χ2n) is 9.19. The van der Waals surface area contributed by atoms with Crippen molar-refractivity contribution < 1.29 is 14.0 Å². The molecule has 184 valence electrons. The van der Waals surface area contributed by atoms with Crippen LogP contribution in [0.25, 0.3) is 22.3 Å². The van der Waals surface area contributed by atoms with Gasteiger partial charge in [-0.05, 0) is 56.3 Å². The van der Waals surface area contributed by atoms with Gasteiger partial charge in [0.05, 0.1) is 17.6 Å². The highest BCUT2D eigenvalue weighted by molar-refractivity contribution is 6.05. The predicted molar refractivity (Wildman–Crippen MR) is 137 cm³/mol. The van der Waals surface area contributed by atoms with Crippen LogP contribution in [0.2, 0.25) is 0 Å². The number of carbonyl (C=O) groups excluding carboxylic acids is 2. The van der Waals surface area contributed by atoms with Crippen molar-refractivity contribution in [1.29, 1.82) is 0 Å². The molecule has 0 saturated carbocycles. The summed E-state index contributed by atoms with van der Waals surface area (Å²) in [6, 6.07) is 13.3. The largest absolute Gasteiger partial charge is 0.352 e. The summed E-state index contributed by atoms with van der Waals surface area (Å²) >= 11 is 0. The Bertz CT molecular complexity index is 1420. The predicted octanol–water partition coefficient (Wildman–Crippen LogP) is 4.46. The van der Waals surface area contributed by atoms with Gasteiger partial charge in [0.1, 0.15) is 17.3 Å². The summed E-state index contributed by atoms with van der Waals surface area (Å²) in [5.74, 6) is 0.190. The summed E-state index contributed by atoms with van der Waals surface area (Å²) < 4.78 is 13.2. The zero-order chi connectivity index (χ0) is 25.4. The Kier molecular flexibility index (Phi) is 6.13. The Morgan fingerprint density at radius 1 is 1.08 bits per heavy atom. The van der Waals surface area contributed by atoms with Crippen LogP contribution in [0.1, 0.15) is 31.1 Å². The lowest BCUT2D eigenvalue weighted by atomic mass is 10.1. The standard InChI is InChI=1S/C27H27FN6O2/c1-16-14-33(15-17(2)34(16)18(3)35)25-6-4-5-24(32-25)23-13-30-26-22(23)11-21(12-29-26)31-27(36)19-7-9-20(28)10-8-19/h4-13,16-17H,14-15H2,1-3H3,(H,29,30)(H,31,36)/t16-,17+. The van der Waals surface area contributed by atoms with Crippen molar-refractivity contribution in [3.63, 3.8) is 0 Å². The number of nitrogens with one attached hydrogen (secondary N) is 2. The number of fused-ring (bicyclic) bond motifs is 1. The molecule has 0 spiro atoms. The van der Waals surface area contributed by atoms with Crippen LogP contribution in [0.15, 0.2) is 60.9 Å². The van der Waals surface area contributed by atoms with Crippen LogP contribution in [0.4, 0.5) is 15.9 Å². The molecule has 1 aromatic carbocycles. The molecule has 3 aromatic heterocycles. The fraction of sp³-hybridized carbons (Fsp3) is 0.259. The first kappa shape index (κ1) is 23.5. The van der Waals surface area contributed by atoms with E-state index in [1.54, 1.807) is 13.1 Å². The first-order chi connectivity index (χ1) is 17.3. The molecule has 2 N–H and O–H groups in total. The average Bonchev–Trinajstić information content (AvgIpc) is 3.27. The molecule has 1 fully saturated rings. The minimum absolute atomic E-state index is 0.0845. The number of anilines is 2. The quantitative estimate of drug-likeness (QED) is 0.444. The van der Waals surface area contributed by atoms with Crippen molar-refractivity contribution in [2.75, 3.05) is 23.3 Å². The summed E-state index contributed by atoms with van der Waals surface area (Å²) in [5.41, 5.74) is 3.19. The Labute approximate surface area is 208 Å². The second-order valence-corrected chi connectivity index (χ2v) is 9.19. The summed E-state index contributed by atoms with van der Waals surface area (Å²) in [6.45, 7) is 7.13. The number of pyridine rings is 2. The number of rotatable bonds is 4. The third-order valence-corrected chi connectivity index (χ3v) is 6.51. The van der Waals surface area contributed by atoms with E-state index in [4.69, 9.17) is 4.98 Å². The van der Waals surface area contributed by atoms with Crippen LogP contribution in [-0.4, -0.2) is 56.8 Å². The van der Waals surface area contributed by atoms with E-state index in [-0.39, 0.29) is 23.9 Å². The summed E-state index contributed by atoms with van der Waals surface area (Å²) in [5, 5.41) is 3.64. The molecule has 1 aliphatic rings. The molecule has 9 heteroatoms. The fourth-order valence-electron chi connectivity index (χ4n) is 4.97. The number of amides is 2. The van der Waals surface area contributed by atoms with Gasteiger partial charge >= 0.3 is 0 Å². The van der Waals surface area contributed by atoms with E-state index in [1.165, 1.54) is 24.3 Å². The maximum absolute atomic E-state index is 13.2. The second kappa shape index (κ2) is 9.41. The van der Waals surface area contributed by atoms with Crippen LogP contribution in [-0.2, 0) is 4.79 Å². The van der Waals surface area contributed by atoms with Crippen LogP contribution in [0.3, 0.4) is 0 Å². The van der Waals surface area contributed by atoms with Gasteiger partial charge in [-0.3, -0.25) is 9.59 Å². The van der Waals surface area contributed by atoms with Gasteiger partial charge in [-0.2, -0.15) is 0 Å². The fourth-order valence-corrected chi connectivity index (χ4v) is 4.97. The highest BCUT2D eigenvalue weighted by Crippen LogP contribution is 2.30. The third-order valence-electron chi connectivity index (χ3n) is 6.51. The lowest BCUT2D eigenvalue weighted by molar-refractivity contribution is -0.133. The summed E-state index contributed by atoms with van der Waals surface area (Å²) in [4.78, 5) is 41.3. The molecule has 1 aliphatic heterocycles. The van der Waals surface area contributed by atoms with Gasteiger partial charge < -0.3 is 20.1 Å². The van der Waals surface area contributed by atoms with Gasteiger partial charge in [-0.25, -0.2) is 14.4 Å². The topological polar surface area (TPSA) is 94.2 Å². The molecule has 0 radical (unpaired) electrons. The zero-order valence-electron chi connectivity index (χ0n) is 20.3. The van der Waals surface area contributed by atoms with E-state index < -0.39 is 5.82 Å². The van der Waals surface area contributed by atoms with Gasteiger partial charge in [-0.15, -0.1) is 0 Å². The molecule has 4 aromatic rings. The van der Waals surface area contributed by atoms with Crippen LogP contribution in [0.5, 0.6) is 0 Å². The molecule has 2 amide bonds. The Morgan fingerprint density at radius 2 is 1.81 bits per heavy atom. The molecule has 8 nitrogen and oxygen atoms in total. The van der Waals surface area contributed by atoms with Gasteiger partial charge in [0.25, 0.3) is 5.91 Å². The monoisotopic (exact) mass is 486 g/mol. The van der Waals surface area contributed by atoms with Crippen LogP contribution in [0, 0.1) is 5.82 Å². The smallest absolute Gasteiger partial charge is 0.255 e. The molecule has 36 heavy (non-hydrogen) atoms. The zero-order valence-corrected chi connectivity index (χ0v) is 20.3. The maximum Gasteiger partial charge on any atom is 0.255 e. The van der Waals surface area contributed by atoms with E-state index in [1.807, 2.05) is 35.4 Å². The highest BCUT2D eigenvalue weighted by Gasteiger charge is 2.31. The molecular weight excluding hydrogens is 459 g/mol. The SMILES string of the molecule is CC(=O)N1[C@H](C)CN(c2cccc(-c3c[nH]c4ncc(NC(=O)c5ccc(F)cc5)cc34)n2)C[C@@H]1C. The number of hydrogen-bond donors (Lipinski definition) is 2. The van der Waals surface area contributed by atoms with Gasteiger partial charge in [0, 0.05) is 54.8 Å². The third kappa shape index (κ3) is 4.51. The molecule has 0 unspecified atom stereocenters. The van der Waals surface area contributed by atoms with Crippen molar-refractivity contribution in [1.82, 2.24) is 19.9 Å². The summed E-state index contributed by atoms with van der Waals surface area (Å²) in [7, 11) is 0. The molecule has 1 saturated heterocycles.